The van der Waals surface area contributed by atoms with E-state index in [1.54, 1.807) is 36.4 Å². The van der Waals surface area contributed by atoms with Gasteiger partial charge < -0.3 is 9.84 Å². The Morgan fingerprint density at radius 1 is 1.08 bits per heavy atom. The summed E-state index contributed by atoms with van der Waals surface area (Å²) < 4.78 is 47.0. The van der Waals surface area contributed by atoms with Crippen molar-refractivity contribution in [2.75, 3.05) is 6.61 Å². The van der Waals surface area contributed by atoms with Crippen LogP contribution >= 0.6 is 31.9 Å². The molecule has 0 aliphatic heterocycles. The van der Waals surface area contributed by atoms with Crippen LogP contribution in [0.25, 0.3) is 22.3 Å². The fraction of sp³-hybridized carbons (Fsp3) is 0.0833. The summed E-state index contributed by atoms with van der Waals surface area (Å²) in [5.74, 6) is -0.964. The molecule has 1 N–H and O–H groups in total. The highest BCUT2D eigenvalue weighted by atomic mass is 79.9. The van der Waals surface area contributed by atoms with E-state index in [1.165, 1.54) is 18.3 Å². The van der Waals surface area contributed by atoms with Crippen molar-refractivity contribution in [3.05, 3.63) is 91.1 Å². The van der Waals surface area contributed by atoms with Crippen LogP contribution < -0.4 is 10.3 Å². The molecule has 0 aliphatic rings. The van der Waals surface area contributed by atoms with Gasteiger partial charge in [0.05, 0.1) is 31.6 Å². The highest BCUT2D eigenvalue weighted by Crippen LogP contribution is 2.35. The number of halogens is 5. The summed E-state index contributed by atoms with van der Waals surface area (Å²) in [6.07, 6.45) is -3.25. The number of para-hydroxylation sites is 1. The van der Waals surface area contributed by atoms with Crippen molar-refractivity contribution >= 4 is 54.9 Å². The molecule has 1 aromatic heterocycles. The minimum atomic E-state index is -4.58. The predicted octanol–water partition coefficient (Wildman–Crippen LogP) is 5.95. The number of alkyl halides is 3. The minimum absolute atomic E-state index is 0.0598. The molecule has 0 amide bonds. The maximum atomic E-state index is 13.3. The fourth-order valence-corrected chi connectivity index (χ4v) is 4.75. The predicted molar refractivity (Wildman–Crippen MR) is 134 cm³/mol. The van der Waals surface area contributed by atoms with E-state index in [9.17, 15) is 22.8 Å². The van der Waals surface area contributed by atoms with Gasteiger partial charge in [0.15, 0.2) is 12.4 Å². The highest BCUT2D eigenvalue weighted by Gasteiger charge is 2.31. The Labute approximate surface area is 218 Å². The van der Waals surface area contributed by atoms with Crippen LogP contribution in [0.3, 0.4) is 0 Å². The number of nitrogens with zero attached hydrogens (tertiary/aromatic N) is 3. The van der Waals surface area contributed by atoms with Gasteiger partial charge in [0, 0.05) is 5.56 Å². The zero-order chi connectivity index (χ0) is 26.0. The van der Waals surface area contributed by atoms with Gasteiger partial charge in [0.25, 0.3) is 5.56 Å². The summed E-state index contributed by atoms with van der Waals surface area (Å²) in [5, 5.41) is 13.3. The monoisotopic (exact) mass is 623 g/mol. The first-order chi connectivity index (χ1) is 17.0. The first-order valence-electron chi connectivity index (χ1n) is 10.1. The van der Waals surface area contributed by atoms with Gasteiger partial charge >= 0.3 is 12.1 Å². The van der Waals surface area contributed by atoms with Crippen LogP contribution in [-0.2, 0) is 11.0 Å². The van der Waals surface area contributed by atoms with Crippen molar-refractivity contribution in [1.82, 2.24) is 9.66 Å². The number of rotatable bonds is 6. The van der Waals surface area contributed by atoms with Gasteiger partial charge in [0.2, 0.25) is 0 Å². The van der Waals surface area contributed by atoms with Crippen LogP contribution in [0, 0.1) is 0 Å². The molecule has 12 heteroatoms. The number of aromatic nitrogens is 2. The summed E-state index contributed by atoms with van der Waals surface area (Å²) in [6.45, 7) is -0.552. The molecule has 36 heavy (non-hydrogen) atoms. The van der Waals surface area contributed by atoms with Gasteiger partial charge in [-0.15, -0.1) is 0 Å². The third-order valence-corrected chi connectivity index (χ3v) is 6.06. The van der Waals surface area contributed by atoms with E-state index < -0.39 is 29.9 Å². The molecule has 0 unspecified atom stereocenters. The zero-order valence-electron chi connectivity index (χ0n) is 18.0. The smallest absolute Gasteiger partial charge is 0.416 e. The molecule has 0 bridgehead atoms. The lowest BCUT2D eigenvalue weighted by Gasteiger charge is -2.12. The van der Waals surface area contributed by atoms with E-state index in [1.807, 2.05) is 0 Å². The van der Waals surface area contributed by atoms with E-state index in [4.69, 9.17) is 9.84 Å². The molecule has 4 aromatic rings. The molecular formula is C24H14Br2F3N3O4. The summed E-state index contributed by atoms with van der Waals surface area (Å²) >= 11 is 6.60. The summed E-state index contributed by atoms with van der Waals surface area (Å²) in [6, 6.07) is 14.1. The second kappa shape index (κ2) is 10.2. The van der Waals surface area contributed by atoms with Gasteiger partial charge in [-0.1, -0.05) is 24.3 Å². The zero-order valence-corrected chi connectivity index (χ0v) is 21.1. The molecule has 0 spiro atoms. The number of ether oxygens (including phenoxy) is 1. The Bertz CT molecular complexity index is 1550. The van der Waals surface area contributed by atoms with Gasteiger partial charge in [-0.2, -0.15) is 22.9 Å². The number of hydrogen-bond acceptors (Lipinski definition) is 5. The van der Waals surface area contributed by atoms with Gasteiger partial charge in [-0.05, 0) is 73.8 Å². The number of carbonyl (C=O) groups is 1. The highest BCUT2D eigenvalue weighted by molar-refractivity contribution is 9.11. The van der Waals surface area contributed by atoms with E-state index in [0.717, 1.165) is 16.8 Å². The van der Waals surface area contributed by atoms with Gasteiger partial charge in [0.1, 0.15) is 5.75 Å². The lowest BCUT2D eigenvalue weighted by atomic mass is 10.1. The number of fused-ring (bicyclic) bond motifs is 1. The second-order valence-electron chi connectivity index (χ2n) is 7.39. The van der Waals surface area contributed by atoms with Crippen molar-refractivity contribution in [2.45, 2.75) is 6.18 Å². The van der Waals surface area contributed by atoms with Crippen molar-refractivity contribution in [1.29, 1.82) is 0 Å². The SMILES string of the molecule is O=C(O)COc1c(Br)cc(C=Nn2c(-c3cccc(C(F)(F)F)c3)nc3ccccc3c2=O)cc1Br. The molecule has 3 aromatic carbocycles. The average molecular weight is 625 g/mol. The number of carboxylic acids is 1. The molecular weight excluding hydrogens is 611 g/mol. The topological polar surface area (TPSA) is 93.8 Å². The maximum Gasteiger partial charge on any atom is 0.416 e. The molecule has 184 valence electrons. The largest absolute Gasteiger partial charge is 0.480 e. The average Bonchev–Trinajstić information content (AvgIpc) is 2.82. The van der Waals surface area contributed by atoms with Crippen LogP contribution in [0.1, 0.15) is 11.1 Å². The van der Waals surface area contributed by atoms with Crippen molar-refractivity contribution in [3.8, 4) is 17.1 Å². The number of aliphatic carboxylic acids is 1. The molecule has 0 fully saturated rings. The minimum Gasteiger partial charge on any atom is -0.480 e. The van der Waals surface area contributed by atoms with Crippen molar-refractivity contribution in [3.63, 3.8) is 0 Å². The second-order valence-corrected chi connectivity index (χ2v) is 9.10. The van der Waals surface area contributed by atoms with Crippen molar-refractivity contribution in [2.24, 2.45) is 5.10 Å². The van der Waals surface area contributed by atoms with E-state index in [0.29, 0.717) is 20.0 Å². The van der Waals surface area contributed by atoms with E-state index in [-0.39, 0.29) is 22.5 Å². The van der Waals surface area contributed by atoms with Crippen LogP contribution in [0.4, 0.5) is 13.2 Å². The Kier molecular flexibility index (Phi) is 7.27. The normalized spacial score (nSPS) is 11.8. The van der Waals surface area contributed by atoms with Crippen LogP contribution in [0.15, 0.2) is 79.5 Å². The summed E-state index contributed by atoms with van der Waals surface area (Å²) in [4.78, 5) is 28.5. The molecule has 0 atom stereocenters. The van der Waals surface area contributed by atoms with Crippen LogP contribution in [0.5, 0.6) is 5.75 Å². The first-order valence-corrected chi connectivity index (χ1v) is 11.7. The molecule has 0 saturated carbocycles. The summed E-state index contributed by atoms with van der Waals surface area (Å²) in [7, 11) is 0. The maximum absolute atomic E-state index is 13.3. The number of benzene rings is 3. The van der Waals surface area contributed by atoms with E-state index >= 15 is 0 Å². The molecule has 0 aliphatic carbocycles. The lowest BCUT2D eigenvalue weighted by Crippen LogP contribution is -2.20. The van der Waals surface area contributed by atoms with Crippen LogP contribution in [-0.4, -0.2) is 33.6 Å². The fourth-order valence-electron chi connectivity index (χ4n) is 3.30. The Balaban J connectivity index is 1.84. The Morgan fingerprint density at radius 3 is 2.44 bits per heavy atom. The first kappa shape index (κ1) is 25.6. The van der Waals surface area contributed by atoms with E-state index in [2.05, 4.69) is 41.9 Å². The molecule has 4 rings (SSSR count). The summed E-state index contributed by atoms with van der Waals surface area (Å²) in [5.41, 5.74) is -0.602. The Morgan fingerprint density at radius 2 is 1.78 bits per heavy atom. The number of carboxylic acid groups (broad SMARTS) is 1. The molecule has 1 heterocycles. The molecule has 0 radical (unpaired) electrons. The molecule has 0 saturated heterocycles. The van der Waals surface area contributed by atoms with Gasteiger partial charge in [-0.3, -0.25) is 4.79 Å². The van der Waals surface area contributed by atoms with Gasteiger partial charge in [-0.25, -0.2) is 9.78 Å². The molecule has 7 nitrogen and oxygen atoms in total. The lowest BCUT2D eigenvalue weighted by molar-refractivity contribution is -0.139. The standard InChI is InChI=1S/C24H14Br2F3N3O4/c25-17-8-13(9-18(26)21(17)36-12-20(33)34)11-30-32-22(14-4-3-5-15(10-14)24(27,28)29)31-19-7-2-1-6-16(19)23(32)35/h1-11H,12H2,(H,33,34). The third-order valence-electron chi connectivity index (χ3n) is 4.88. The number of hydrogen-bond donors (Lipinski definition) is 1. The third kappa shape index (κ3) is 5.49. The van der Waals surface area contributed by atoms with Crippen LogP contribution in [0.2, 0.25) is 0 Å². The quantitative estimate of drug-likeness (QED) is 0.268. The van der Waals surface area contributed by atoms with Crippen molar-refractivity contribution < 1.29 is 27.8 Å². The Hall–Kier alpha value is -3.51.